The van der Waals surface area contributed by atoms with Gasteiger partial charge in [0.05, 0.1) is 19.2 Å². The summed E-state index contributed by atoms with van der Waals surface area (Å²) >= 11 is 0. The van der Waals surface area contributed by atoms with Crippen LogP contribution in [0.15, 0.2) is 66.7 Å². The van der Waals surface area contributed by atoms with Gasteiger partial charge in [0, 0.05) is 35.3 Å². The number of fused-ring (bicyclic) bond motifs is 3. The van der Waals surface area contributed by atoms with Crippen molar-refractivity contribution < 1.29 is 14.2 Å². The van der Waals surface area contributed by atoms with Crippen molar-refractivity contribution in [1.29, 1.82) is 0 Å². The van der Waals surface area contributed by atoms with E-state index in [1.807, 2.05) is 42.5 Å². The normalized spacial score (nSPS) is 12.2. The van der Waals surface area contributed by atoms with E-state index < -0.39 is 0 Å². The maximum absolute atomic E-state index is 6.20. The Morgan fingerprint density at radius 2 is 1.57 bits per heavy atom. The summed E-state index contributed by atoms with van der Waals surface area (Å²) in [7, 11) is 1.65. The molecule has 0 radical (unpaired) electrons. The molecule has 3 aromatic carbocycles. The number of hydrogen-bond acceptors (Lipinski definition) is 4. The zero-order chi connectivity index (χ0) is 20.8. The molecule has 0 aliphatic carbocycles. The quantitative estimate of drug-likeness (QED) is 0.365. The first-order valence-corrected chi connectivity index (χ1v) is 10.3. The fourth-order valence-corrected chi connectivity index (χ4v) is 3.60. The number of ether oxygens (including phenoxy) is 3. The second-order valence-electron chi connectivity index (χ2n) is 7.47. The monoisotopic (exact) mass is 404 g/mol. The predicted octanol–water partition coefficient (Wildman–Crippen LogP) is 5.01. The van der Waals surface area contributed by atoms with Crippen molar-refractivity contribution in [2.75, 3.05) is 33.4 Å². The van der Waals surface area contributed by atoms with E-state index in [-0.39, 0.29) is 0 Å². The van der Waals surface area contributed by atoms with Gasteiger partial charge in [-0.2, -0.15) is 0 Å². The van der Waals surface area contributed by atoms with Gasteiger partial charge in [-0.3, -0.25) is 0 Å². The molecule has 0 bridgehead atoms. The van der Waals surface area contributed by atoms with Gasteiger partial charge in [-0.1, -0.05) is 43.3 Å². The van der Waals surface area contributed by atoms with E-state index in [0.717, 1.165) is 46.8 Å². The van der Waals surface area contributed by atoms with Gasteiger partial charge in [-0.15, -0.1) is 0 Å². The molecular weight excluding hydrogens is 376 g/mol. The summed E-state index contributed by atoms with van der Waals surface area (Å²) < 4.78 is 17.3. The molecule has 0 saturated carbocycles. The van der Waals surface area contributed by atoms with Crippen LogP contribution in [0.25, 0.3) is 21.8 Å². The van der Waals surface area contributed by atoms with E-state index in [9.17, 15) is 0 Å². The fraction of sp³-hybridized carbons (Fsp3) is 0.280. The molecule has 2 N–H and O–H groups in total. The SMILES string of the molecule is COc1ccccc1OCCNCC(C)COc1cccc2[nH]c3ccccc3c12. The van der Waals surface area contributed by atoms with Crippen molar-refractivity contribution in [3.05, 3.63) is 66.7 Å². The standard InChI is InChI=1S/C25H28N2O3/c1-18(16-26-14-15-29-23-12-6-5-11-22(23)28-2)17-30-24-13-7-10-21-25(24)19-8-3-4-9-20(19)27-21/h3-13,18,26-27H,14-17H2,1-2H3. The minimum absolute atomic E-state index is 0.372. The Morgan fingerprint density at radius 1 is 0.833 bits per heavy atom. The van der Waals surface area contributed by atoms with E-state index in [0.29, 0.717) is 19.1 Å². The Balaban J connectivity index is 1.26. The lowest BCUT2D eigenvalue weighted by molar-refractivity contribution is 0.250. The van der Waals surface area contributed by atoms with Crippen molar-refractivity contribution in [2.45, 2.75) is 6.92 Å². The fourth-order valence-electron chi connectivity index (χ4n) is 3.60. The molecule has 1 unspecified atom stereocenters. The van der Waals surface area contributed by atoms with Crippen molar-refractivity contribution in [1.82, 2.24) is 10.3 Å². The van der Waals surface area contributed by atoms with Gasteiger partial charge in [-0.05, 0) is 30.3 Å². The average molecular weight is 405 g/mol. The number of rotatable bonds is 10. The highest BCUT2D eigenvalue weighted by Gasteiger charge is 2.11. The van der Waals surface area contributed by atoms with Gasteiger partial charge in [0.15, 0.2) is 11.5 Å². The molecule has 1 atom stereocenters. The Kier molecular flexibility index (Phi) is 6.40. The molecule has 0 aliphatic heterocycles. The molecule has 0 aliphatic rings. The molecule has 0 saturated heterocycles. The number of methoxy groups -OCH3 is 1. The Labute approximate surface area is 177 Å². The minimum Gasteiger partial charge on any atom is -0.493 e. The first kappa shape index (κ1) is 20.1. The lowest BCUT2D eigenvalue weighted by atomic mass is 10.1. The third-order valence-corrected chi connectivity index (χ3v) is 5.11. The molecule has 0 fully saturated rings. The predicted molar refractivity (Wildman–Crippen MR) is 122 cm³/mol. The van der Waals surface area contributed by atoms with E-state index in [1.165, 1.54) is 5.39 Å². The van der Waals surface area contributed by atoms with Crippen LogP contribution >= 0.6 is 0 Å². The van der Waals surface area contributed by atoms with Crippen molar-refractivity contribution >= 4 is 21.8 Å². The topological polar surface area (TPSA) is 55.5 Å². The number of nitrogens with one attached hydrogen (secondary N) is 2. The smallest absolute Gasteiger partial charge is 0.161 e. The molecule has 5 nitrogen and oxygen atoms in total. The number of H-pyrrole nitrogens is 1. The van der Waals surface area contributed by atoms with Crippen LogP contribution in [-0.4, -0.2) is 38.4 Å². The maximum Gasteiger partial charge on any atom is 0.161 e. The van der Waals surface area contributed by atoms with Crippen LogP contribution < -0.4 is 19.5 Å². The molecule has 5 heteroatoms. The van der Waals surface area contributed by atoms with Gasteiger partial charge >= 0.3 is 0 Å². The van der Waals surface area contributed by atoms with Crippen LogP contribution in [0.2, 0.25) is 0 Å². The van der Waals surface area contributed by atoms with Crippen molar-refractivity contribution in [3.8, 4) is 17.2 Å². The highest BCUT2D eigenvalue weighted by molar-refractivity contribution is 6.10. The molecule has 4 aromatic rings. The Bertz CT molecular complexity index is 1110. The molecule has 1 heterocycles. The third-order valence-electron chi connectivity index (χ3n) is 5.11. The molecule has 156 valence electrons. The number of benzene rings is 3. The van der Waals surface area contributed by atoms with Crippen molar-refractivity contribution in [3.63, 3.8) is 0 Å². The van der Waals surface area contributed by atoms with Crippen LogP contribution in [0.4, 0.5) is 0 Å². The van der Waals surface area contributed by atoms with Gasteiger partial charge < -0.3 is 24.5 Å². The summed E-state index contributed by atoms with van der Waals surface area (Å²) in [6.07, 6.45) is 0. The van der Waals surface area contributed by atoms with Crippen LogP contribution in [0.1, 0.15) is 6.92 Å². The van der Waals surface area contributed by atoms with E-state index in [1.54, 1.807) is 7.11 Å². The highest BCUT2D eigenvalue weighted by atomic mass is 16.5. The van der Waals surface area contributed by atoms with Gasteiger partial charge in [0.2, 0.25) is 0 Å². The summed E-state index contributed by atoms with van der Waals surface area (Å²) in [5.74, 6) is 2.82. The summed E-state index contributed by atoms with van der Waals surface area (Å²) in [5, 5.41) is 5.79. The van der Waals surface area contributed by atoms with E-state index in [4.69, 9.17) is 14.2 Å². The second-order valence-corrected chi connectivity index (χ2v) is 7.47. The van der Waals surface area contributed by atoms with Crippen molar-refractivity contribution in [2.24, 2.45) is 5.92 Å². The maximum atomic E-state index is 6.20. The molecular formula is C25H28N2O3. The van der Waals surface area contributed by atoms with E-state index >= 15 is 0 Å². The number of hydrogen-bond donors (Lipinski definition) is 2. The van der Waals surface area contributed by atoms with E-state index in [2.05, 4.69) is 41.5 Å². The molecule has 4 rings (SSSR count). The van der Waals surface area contributed by atoms with Gasteiger partial charge in [0.1, 0.15) is 12.4 Å². The lowest BCUT2D eigenvalue weighted by Crippen LogP contribution is -2.28. The Morgan fingerprint density at radius 3 is 2.43 bits per heavy atom. The molecule has 1 aromatic heterocycles. The summed E-state index contributed by atoms with van der Waals surface area (Å²) in [4.78, 5) is 3.46. The van der Waals surface area contributed by atoms with Crippen LogP contribution in [0.3, 0.4) is 0 Å². The minimum atomic E-state index is 0.372. The molecule has 30 heavy (non-hydrogen) atoms. The Hall–Kier alpha value is -3.18. The summed E-state index contributed by atoms with van der Waals surface area (Å²) in [5.41, 5.74) is 2.24. The summed E-state index contributed by atoms with van der Waals surface area (Å²) in [6.45, 7) is 5.05. The number of aromatic nitrogens is 1. The van der Waals surface area contributed by atoms with Gasteiger partial charge in [-0.25, -0.2) is 0 Å². The van der Waals surface area contributed by atoms with Crippen LogP contribution in [0.5, 0.6) is 17.2 Å². The van der Waals surface area contributed by atoms with Gasteiger partial charge in [0.25, 0.3) is 0 Å². The zero-order valence-corrected chi connectivity index (χ0v) is 17.5. The number of aromatic amines is 1. The molecule has 0 spiro atoms. The highest BCUT2D eigenvalue weighted by Crippen LogP contribution is 2.33. The van der Waals surface area contributed by atoms with Crippen LogP contribution in [-0.2, 0) is 0 Å². The lowest BCUT2D eigenvalue weighted by Gasteiger charge is -2.15. The molecule has 0 amide bonds. The summed E-state index contributed by atoms with van der Waals surface area (Å²) in [6, 6.07) is 22.2. The average Bonchev–Trinajstić information content (AvgIpc) is 3.17. The third kappa shape index (κ3) is 4.52. The first-order valence-electron chi connectivity index (χ1n) is 10.3. The first-order chi connectivity index (χ1) is 14.8. The number of para-hydroxylation sites is 3. The largest absolute Gasteiger partial charge is 0.493 e. The van der Waals surface area contributed by atoms with Crippen LogP contribution in [0, 0.1) is 5.92 Å². The second kappa shape index (κ2) is 9.55. The zero-order valence-electron chi connectivity index (χ0n) is 17.5.